The number of aromatic nitrogens is 4. The number of nitrogens with one attached hydrogen (secondary N) is 2. The maximum Gasteiger partial charge on any atom is 0.222 e. The maximum absolute atomic E-state index is 4.28. The van der Waals surface area contributed by atoms with Crippen molar-refractivity contribution in [2.45, 2.75) is 38.8 Å². The van der Waals surface area contributed by atoms with Gasteiger partial charge < -0.3 is 10.3 Å². The first-order chi connectivity index (χ1) is 10.7. The fourth-order valence-corrected chi connectivity index (χ4v) is 3.93. The van der Waals surface area contributed by atoms with Gasteiger partial charge in [0.15, 0.2) is 0 Å². The Morgan fingerprint density at radius 2 is 2.14 bits per heavy atom. The Labute approximate surface area is 130 Å². The smallest absolute Gasteiger partial charge is 0.222 e. The molecular weight excluding hydrogens is 276 g/mol. The highest BCUT2D eigenvalue weighted by atomic mass is 15.2. The van der Waals surface area contributed by atoms with Crippen molar-refractivity contribution in [2.24, 2.45) is 5.41 Å². The molecule has 0 amide bonds. The molecule has 2 N–H and O–H groups in total. The third-order valence-corrected chi connectivity index (χ3v) is 4.92. The van der Waals surface area contributed by atoms with E-state index in [4.69, 9.17) is 0 Å². The van der Waals surface area contributed by atoms with Crippen molar-refractivity contribution in [1.29, 1.82) is 0 Å². The predicted molar refractivity (Wildman–Crippen MR) is 84.3 cm³/mol. The average Bonchev–Trinajstić information content (AvgIpc) is 3.07. The molecule has 0 bridgehead atoms. The monoisotopic (exact) mass is 298 g/mol. The number of nitrogens with zero attached hydrogens (tertiary/aromatic N) is 4. The zero-order valence-electron chi connectivity index (χ0n) is 12.9. The molecule has 0 atom stereocenters. The van der Waals surface area contributed by atoms with Crippen molar-refractivity contribution >= 4 is 5.95 Å². The fraction of sp³-hybridized carbons (Fsp3) is 0.562. The summed E-state index contributed by atoms with van der Waals surface area (Å²) in [4.78, 5) is 18.6. The van der Waals surface area contributed by atoms with Crippen molar-refractivity contribution in [3.05, 3.63) is 36.2 Å². The lowest BCUT2D eigenvalue weighted by atomic mass is 9.65. The van der Waals surface area contributed by atoms with E-state index in [0.717, 1.165) is 18.3 Å². The van der Waals surface area contributed by atoms with Crippen LogP contribution in [0.2, 0.25) is 0 Å². The van der Waals surface area contributed by atoms with Crippen LogP contribution in [-0.2, 0) is 6.54 Å². The van der Waals surface area contributed by atoms with Gasteiger partial charge in [-0.05, 0) is 44.2 Å². The summed E-state index contributed by atoms with van der Waals surface area (Å²) in [6.45, 7) is 5.37. The van der Waals surface area contributed by atoms with E-state index in [1.54, 1.807) is 12.4 Å². The molecule has 1 spiro atoms. The molecule has 1 saturated carbocycles. The van der Waals surface area contributed by atoms with Crippen LogP contribution in [0.1, 0.15) is 30.8 Å². The lowest BCUT2D eigenvalue weighted by molar-refractivity contribution is 0.119. The van der Waals surface area contributed by atoms with Crippen LogP contribution in [0.15, 0.2) is 24.7 Å². The third-order valence-electron chi connectivity index (χ3n) is 4.92. The summed E-state index contributed by atoms with van der Waals surface area (Å²) in [5, 5.41) is 3.44. The standard InChI is InChI=1S/C16H22N6/c1-12-19-9-14(20-12)10-22-6-3-16(11-22)7-13(8-16)21-15-17-4-2-5-18-15/h2,4-5,9,13H,3,6-8,10-11H2,1H3,(H,19,20)(H,17,18,21). The van der Waals surface area contributed by atoms with Gasteiger partial charge in [0, 0.05) is 43.4 Å². The number of H-pyrrole nitrogens is 1. The highest BCUT2D eigenvalue weighted by Gasteiger charge is 2.48. The quantitative estimate of drug-likeness (QED) is 0.903. The number of aromatic amines is 1. The van der Waals surface area contributed by atoms with Gasteiger partial charge in [-0.1, -0.05) is 0 Å². The second-order valence-electron chi connectivity index (χ2n) is 6.78. The summed E-state index contributed by atoms with van der Waals surface area (Å²) in [5.41, 5.74) is 1.72. The number of rotatable bonds is 4. The van der Waals surface area contributed by atoms with Gasteiger partial charge in [-0.25, -0.2) is 15.0 Å². The number of likely N-dealkylation sites (tertiary alicyclic amines) is 1. The normalized spacial score (nSPS) is 28.0. The molecule has 6 heteroatoms. The molecule has 1 aliphatic carbocycles. The fourth-order valence-electron chi connectivity index (χ4n) is 3.93. The Bertz CT molecular complexity index is 631. The zero-order valence-corrected chi connectivity index (χ0v) is 12.9. The van der Waals surface area contributed by atoms with E-state index in [1.807, 2.05) is 19.2 Å². The lowest BCUT2D eigenvalue weighted by Gasteiger charge is -2.45. The first-order valence-corrected chi connectivity index (χ1v) is 7.97. The van der Waals surface area contributed by atoms with Gasteiger partial charge in [-0.15, -0.1) is 0 Å². The molecule has 22 heavy (non-hydrogen) atoms. The Balaban J connectivity index is 1.29. The molecule has 1 saturated heterocycles. The molecule has 2 aromatic heterocycles. The van der Waals surface area contributed by atoms with E-state index >= 15 is 0 Å². The average molecular weight is 298 g/mol. The van der Waals surface area contributed by atoms with Crippen LogP contribution in [-0.4, -0.2) is 44.0 Å². The van der Waals surface area contributed by atoms with Crippen molar-refractivity contribution in [1.82, 2.24) is 24.8 Å². The third kappa shape index (κ3) is 2.70. The van der Waals surface area contributed by atoms with Crippen molar-refractivity contribution in [2.75, 3.05) is 18.4 Å². The molecule has 6 nitrogen and oxygen atoms in total. The number of anilines is 1. The Hall–Kier alpha value is -1.95. The SMILES string of the molecule is Cc1ncc(CN2CCC3(CC(Nc4ncccn4)C3)C2)[nH]1. The summed E-state index contributed by atoms with van der Waals surface area (Å²) < 4.78 is 0. The molecule has 4 rings (SSSR count). The second kappa shape index (κ2) is 5.35. The molecule has 3 heterocycles. The maximum atomic E-state index is 4.28. The topological polar surface area (TPSA) is 69.7 Å². The number of hydrogen-bond donors (Lipinski definition) is 2. The van der Waals surface area contributed by atoms with Crippen LogP contribution >= 0.6 is 0 Å². The minimum atomic E-state index is 0.502. The van der Waals surface area contributed by atoms with Crippen LogP contribution in [0.4, 0.5) is 5.95 Å². The van der Waals surface area contributed by atoms with Crippen molar-refractivity contribution in [3.8, 4) is 0 Å². The first-order valence-electron chi connectivity index (χ1n) is 7.97. The van der Waals surface area contributed by atoms with Crippen LogP contribution in [0.3, 0.4) is 0 Å². The largest absolute Gasteiger partial charge is 0.351 e. The summed E-state index contributed by atoms with van der Waals surface area (Å²) in [7, 11) is 0. The predicted octanol–water partition coefficient (Wildman–Crippen LogP) is 1.97. The van der Waals surface area contributed by atoms with Gasteiger partial charge in [0.2, 0.25) is 5.95 Å². The van der Waals surface area contributed by atoms with E-state index in [9.17, 15) is 0 Å². The van der Waals surface area contributed by atoms with Gasteiger partial charge in [0.25, 0.3) is 0 Å². The number of hydrogen-bond acceptors (Lipinski definition) is 5. The van der Waals surface area contributed by atoms with Gasteiger partial charge in [0.1, 0.15) is 5.82 Å². The van der Waals surface area contributed by atoms with Crippen LogP contribution < -0.4 is 5.32 Å². The summed E-state index contributed by atoms with van der Waals surface area (Å²) in [5.74, 6) is 1.75. The minimum absolute atomic E-state index is 0.502. The Morgan fingerprint density at radius 1 is 1.32 bits per heavy atom. The Morgan fingerprint density at radius 3 is 2.86 bits per heavy atom. The minimum Gasteiger partial charge on any atom is -0.351 e. The lowest BCUT2D eigenvalue weighted by Crippen LogP contribution is -2.47. The van der Waals surface area contributed by atoms with Gasteiger partial charge in [0.05, 0.1) is 0 Å². The van der Waals surface area contributed by atoms with E-state index in [0.29, 0.717) is 11.5 Å². The van der Waals surface area contributed by atoms with Crippen molar-refractivity contribution < 1.29 is 0 Å². The van der Waals surface area contributed by atoms with Crippen LogP contribution in [0.5, 0.6) is 0 Å². The summed E-state index contributed by atoms with van der Waals surface area (Å²) >= 11 is 0. The molecule has 0 radical (unpaired) electrons. The van der Waals surface area contributed by atoms with Crippen LogP contribution in [0.25, 0.3) is 0 Å². The molecule has 1 aliphatic heterocycles. The summed E-state index contributed by atoms with van der Waals surface area (Å²) in [6.07, 6.45) is 9.28. The highest BCUT2D eigenvalue weighted by Crippen LogP contribution is 2.49. The second-order valence-corrected chi connectivity index (χ2v) is 6.78. The van der Waals surface area contributed by atoms with Crippen LogP contribution in [0, 0.1) is 12.3 Å². The molecule has 2 aromatic rings. The molecule has 0 unspecified atom stereocenters. The van der Waals surface area contributed by atoms with E-state index in [1.165, 1.54) is 38.0 Å². The molecule has 2 fully saturated rings. The van der Waals surface area contributed by atoms with Gasteiger partial charge >= 0.3 is 0 Å². The molecule has 2 aliphatic rings. The summed E-state index contributed by atoms with van der Waals surface area (Å²) in [6, 6.07) is 2.37. The van der Waals surface area contributed by atoms with E-state index < -0.39 is 0 Å². The molecule has 0 aromatic carbocycles. The zero-order chi connectivity index (χ0) is 15.0. The molecule has 116 valence electrons. The van der Waals surface area contributed by atoms with Gasteiger partial charge in [-0.2, -0.15) is 0 Å². The van der Waals surface area contributed by atoms with Crippen molar-refractivity contribution in [3.63, 3.8) is 0 Å². The highest BCUT2D eigenvalue weighted by molar-refractivity contribution is 5.27. The number of aryl methyl sites for hydroxylation is 1. The van der Waals surface area contributed by atoms with E-state index in [-0.39, 0.29) is 0 Å². The first kappa shape index (κ1) is 13.7. The Kier molecular flexibility index (Phi) is 3.33. The molecular formula is C16H22N6. The number of imidazole rings is 1. The van der Waals surface area contributed by atoms with E-state index in [2.05, 4.69) is 30.2 Å². The van der Waals surface area contributed by atoms with Gasteiger partial charge in [-0.3, -0.25) is 4.90 Å².